The number of aromatic nitrogens is 3. The third-order valence-electron chi connectivity index (χ3n) is 2.96. The van der Waals surface area contributed by atoms with Gasteiger partial charge in [0.2, 0.25) is 0 Å². The summed E-state index contributed by atoms with van der Waals surface area (Å²) in [7, 11) is 0. The van der Waals surface area contributed by atoms with Crippen molar-refractivity contribution in [3.8, 4) is 0 Å². The maximum Gasteiger partial charge on any atom is 0.0997 e. The molecule has 0 radical (unpaired) electrons. The number of unbranched alkanes of at least 4 members (excludes halogenated alkanes) is 1. The van der Waals surface area contributed by atoms with E-state index >= 15 is 0 Å². The fourth-order valence-corrected chi connectivity index (χ4v) is 2.06. The zero-order valence-corrected chi connectivity index (χ0v) is 10.8. The molecule has 1 aliphatic rings. The van der Waals surface area contributed by atoms with E-state index in [4.69, 9.17) is 4.74 Å². The fraction of sp³-hybridized carbons (Fsp3) is 0.833. The topological polar surface area (TPSA) is 52.0 Å². The number of fused-ring (bicyclic) bond motifs is 1. The lowest BCUT2D eigenvalue weighted by Gasteiger charge is -2.13. The van der Waals surface area contributed by atoms with Crippen LogP contribution < -0.4 is 5.32 Å². The van der Waals surface area contributed by atoms with Gasteiger partial charge in [-0.05, 0) is 26.7 Å². The zero-order valence-electron chi connectivity index (χ0n) is 10.8. The smallest absolute Gasteiger partial charge is 0.0997 e. The number of aryl methyl sites for hydroxylation is 1. The minimum Gasteiger partial charge on any atom is -0.379 e. The standard InChI is InChI=1S/C12H22N4O/c1-10(2)17-8-4-3-7-16-12-5-6-13-9-11(12)14-15-16/h10,13H,3-9H2,1-2H3. The largest absolute Gasteiger partial charge is 0.379 e. The summed E-state index contributed by atoms with van der Waals surface area (Å²) in [6.45, 7) is 7.85. The van der Waals surface area contributed by atoms with Crippen LogP contribution in [0.25, 0.3) is 0 Å². The van der Waals surface area contributed by atoms with Crippen molar-refractivity contribution in [1.29, 1.82) is 0 Å². The van der Waals surface area contributed by atoms with Crippen molar-refractivity contribution in [3.05, 3.63) is 11.4 Å². The Morgan fingerprint density at radius 1 is 1.41 bits per heavy atom. The van der Waals surface area contributed by atoms with Crippen molar-refractivity contribution in [1.82, 2.24) is 20.3 Å². The van der Waals surface area contributed by atoms with Gasteiger partial charge in [-0.15, -0.1) is 5.10 Å². The molecule has 0 aromatic carbocycles. The Hall–Kier alpha value is -0.940. The molecule has 0 unspecified atom stereocenters. The van der Waals surface area contributed by atoms with Gasteiger partial charge < -0.3 is 10.1 Å². The van der Waals surface area contributed by atoms with Gasteiger partial charge >= 0.3 is 0 Å². The third kappa shape index (κ3) is 3.51. The van der Waals surface area contributed by atoms with Crippen molar-refractivity contribution >= 4 is 0 Å². The summed E-state index contributed by atoms with van der Waals surface area (Å²) in [6.07, 6.45) is 3.58. The number of nitrogens with zero attached hydrogens (tertiary/aromatic N) is 3. The van der Waals surface area contributed by atoms with E-state index in [0.717, 1.165) is 51.2 Å². The number of hydrogen-bond donors (Lipinski definition) is 1. The van der Waals surface area contributed by atoms with Gasteiger partial charge in [0, 0.05) is 32.7 Å². The number of hydrogen-bond acceptors (Lipinski definition) is 4. The van der Waals surface area contributed by atoms with E-state index in [1.165, 1.54) is 5.69 Å². The van der Waals surface area contributed by atoms with E-state index in [1.54, 1.807) is 0 Å². The van der Waals surface area contributed by atoms with E-state index in [-0.39, 0.29) is 0 Å². The minimum atomic E-state index is 0.334. The summed E-state index contributed by atoms with van der Waals surface area (Å²) in [5.74, 6) is 0. The van der Waals surface area contributed by atoms with Gasteiger partial charge in [0.15, 0.2) is 0 Å². The summed E-state index contributed by atoms with van der Waals surface area (Å²) in [4.78, 5) is 0. The number of ether oxygens (including phenoxy) is 1. The maximum atomic E-state index is 5.52. The van der Waals surface area contributed by atoms with Crippen molar-refractivity contribution in [2.24, 2.45) is 0 Å². The molecule has 0 spiro atoms. The zero-order chi connectivity index (χ0) is 12.1. The Morgan fingerprint density at radius 3 is 3.12 bits per heavy atom. The second kappa shape index (κ2) is 6.12. The monoisotopic (exact) mass is 238 g/mol. The Bertz CT molecular complexity index is 348. The Kier molecular flexibility index (Phi) is 4.50. The highest BCUT2D eigenvalue weighted by molar-refractivity contribution is 5.13. The van der Waals surface area contributed by atoms with E-state index in [2.05, 4.69) is 34.2 Å². The Labute approximate surface area is 103 Å². The van der Waals surface area contributed by atoms with Gasteiger partial charge in [-0.3, -0.25) is 0 Å². The van der Waals surface area contributed by atoms with Crippen LogP contribution in [0.4, 0.5) is 0 Å². The number of nitrogens with one attached hydrogen (secondary N) is 1. The molecule has 0 aliphatic carbocycles. The molecular formula is C12H22N4O. The van der Waals surface area contributed by atoms with Crippen molar-refractivity contribution < 1.29 is 4.74 Å². The summed E-state index contributed by atoms with van der Waals surface area (Å²) in [5, 5.41) is 11.7. The Balaban J connectivity index is 1.74. The fourth-order valence-electron chi connectivity index (χ4n) is 2.06. The SMILES string of the molecule is CC(C)OCCCCn1nnc2c1CCNC2. The molecule has 17 heavy (non-hydrogen) atoms. The molecule has 0 fully saturated rings. The van der Waals surface area contributed by atoms with Crippen LogP contribution >= 0.6 is 0 Å². The van der Waals surface area contributed by atoms with Gasteiger partial charge in [0.25, 0.3) is 0 Å². The predicted octanol–water partition coefficient (Wildman–Crippen LogP) is 1.13. The molecule has 0 saturated heterocycles. The van der Waals surface area contributed by atoms with Crippen LogP contribution in [-0.4, -0.2) is 34.2 Å². The summed E-state index contributed by atoms with van der Waals surface area (Å²) < 4.78 is 7.58. The van der Waals surface area contributed by atoms with E-state index in [9.17, 15) is 0 Å². The van der Waals surface area contributed by atoms with Gasteiger partial charge in [-0.1, -0.05) is 5.21 Å². The lowest BCUT2D eigenvalue weighted by atomic mass is 10.2. The number of rotatable bonds is 6. The summed E-state index contributed by atoms with van der Waals surface area (Å²) >= 11 is 0. The quantitative estimate of drug-likeness (QED) is 0.755. The molecular weight excluding hydrogens is 216 g/mol. The first-order valence-electron chi connectivity index (χ1n) is 6.51. The maximum absolute atomic E-state index is 5.52. The van der Waals surface area contributed by atoms with E-state index in [1.807, 2.05) is 0 Å². The highest BCUT2D eigenvalue weighted by atomic mass is 16.5. The van der Waals surface area contributed by atoms with Crippen molar-refractivity contribution in [2.45, 2.75) is 52.3 Å². The molecule has 96 valence electrons. The van der Waals surface area contributed by atoms with Crippen LogP contribution in [0.1, 0.15) is 38.1 Å². The lowest BCUT2D eigenvalue weighted by Crippen LogP contribution is -2.25. The third-order valence-corrected chi connectivity index (χ3v) is 2.96. The molecule has 0 bridgehead atoms. The average Bonchev–Trinajstić information content (AvgIpc) is 2.72. The highest BCUT2D eigenvalue weighted by Crippen LogP contribution is 2.11. The van der Waals surface area contributed by atoms with Gasteiger partial charge in [-0.25, -0.2) is 4.68 Å². The summed E-state index contributed by atoms with van der Waals surface area (Å²) in [6, 6.07) is 0. The Morgan fingerprint density at radius 2 is 2.29 bits per heavy atom. The molecule has 1 aromatic heterocycles. The first-order valence-corrected chi connectivity index (χ1v) is 6.51. The lowest BCUT2D eigenvalue weighted by molar-refractivity contribution is 0.0752. The minimum absolute atomic E-state index is 0.334. The average molecular weight is 238 g/mol. The van der Waals surface area contributed by atoms with E-state index < -0.39 is 0 Å². The molecule has 0 atom stereocenters. The molecule has 5 nitrogen and oxygen atoms in total. The molecule has 2 rings (SSSR count). The van der Waals surface area contributed by atoms with Crippen LogP contribution in [0.2, 0.25) is 0 Å². The molecule has 0 amide bonds. The van der Waals surface area contributed by atoms with Crippen LogP contribution in [-0.2, 0) is 24.2 Å². The van der Waals surface area contributed by atoms with Crippen LogP contribution in [0.5, 0.6) is 0 Å². The molecule has 5 heteroatoms. The molecule has 0 saturated carbocycles. The van der Waals surface area contributed by atoms with Crippen molar-refractivity contribution in [2.75, 3.05) is 13.2 Å². The van der Waals surface area contributed by atoms with Gasteiger partial charge in [-0.2, -0.15) is 0 Å². The highest BCUT2D eigenvalue weighted by Gasteiger charge is 2.15. The second-order valence-corrected chi connectivity index (χ2v) is 4.76. The normalized spacial score (nSPS) is 15.2. The molecule has 2 heterocycles. The molecule has 1 N–H and O–H groups in total. The first-order chi connectivity index (χ1) is 8.27. The van der Waals surface area contributed by atoms with E-state index in [0.29, 0.717) is 6.10 Å². The second-order valence-electron chi connectivity index (χ2n) is 4.76. The van der Waals surface area contributed by atoms with Crippen LogP contribution in [0, 0.1) is 0 Å². The van der Waals surface area contributed by atoms with Gasteiger partial charge in [0.05, 0.1) is 17.5 Å². The van der Waals surface area contributed by atoms with Crippen LogP contribution in [0.3, 0.4) is 0 Å². The van der Waals surface area contributed by atoms with Gasteiger partial charge in [0.1, 0.15) is 0 Å². The first kappa shape index (κ1) is 12.5. The van der Waals surface area contributed by atoms with Crippen molar-refractivity contribution in [3.63, 3.8) is 0 Å². The van der Waals surface area contributed by atoms with Crippen LogP contribution in [0.15, 0.2) is 0 Å². The molecule has 1 aliphatic heterocycles. The summed E-state index contributed by atoms with van der Waals surface area (Å²) in [5.41, 5.74) is 2.43. The predicted molar refractivity (Wildman–Crippen MR) is 65.8 cm³/mol. The molecule has 1 aromatic rings.